The van der Waals surface area contributed by atoms with Gasteiger partial charge in [-0.05, 0) is 43.4 Å². The maximum absolute atomic E-state index is 13.6. The summed E-state index contributed by atoms with van der Waals surface area (Å²) in [5.74, 6) is 2.34. The Morgan fingerprint density at radius 3 is 2.32 bits per heavy atom. The summed E-state index contributed by atoms with van der Waals surface area (Å²) < 4.78 is 1.94. The van der Waals surface area contributed by atoms with E-state index in [1.54, 1.807) is 0 Å². The Hall–Kier alpha value is -3.74. The number of benzene rings is 2. The van der Waals surface area contributed by atoms with Crippen LogP contribution in [0.1, 0.15) is 56.6 Å². The molecule has 1 atom stereocenters. The number of hydrogen-bond acceptors (Lipinski definition) is 5. The summed E-state index contributed by atoms with van der Waals surface area (Å²) in [5.41, 5.74) is 3.86. The average Bonchev–Trinajstić information content (AvgIpc) is 3.09. The van der Waals surface area contributed by atoms with Crippen molar-refractivity contribution in [1.82, 2.24) is 24.6 Å². The summed E-state index contributed by atoms with van der Waals surface area (Å²) in [5, 5.41) is 5.89. The van der Waals surface area contributed by atoms with Gasteiger partial charge in [-0.25, -0.2) is 14.6 Å². The number of carbonyl (C=O) groups excluding carboxylic acids is 1. The Labute approximate surface area is 225 Å². The van der Waals surface area contributed by atoms with Gasteiger partial charge in [-0.2, -0.15) is 5.10 Å². The van der Waals surface area contributed by atoms with Gasteiger partial charge in [-0.1, -0.05) is 69.3 Å². The number of anilines is 1. The van der Waals surface area contributed by atoms with E-state index in [0.29, 0.717) is 12.5 Å². The second kappa shape index (κ2) is 11.3. The molecule has 1 amide bonds. The minimum atomic E-state index is -0.0995. The molecular weight excluding hydrogens is 472 g/mol. The highest BCUT2D eigenvalue weighted by molar-refractivity contribution is 5.91. The van der Waals surface area contributed by atoms with Crippen LogP contribution in [0.3, 0.4) is 0 Å². The van der Waals surface area contributed by atoms with Crippen molar-refractivity contribution in [3.63, 3.8) is 0 Å². The van der Waals surface area contributed by atoms with Crippen LogP contribution in [0.4, 0.5) is 5.82 Å². The predicted molar refractivity (Wildman–Crippen MR) is 153 cm³/mol. The van der Waals surface area contributed by atoms with Gasteiger partial charge in [0.2, 0.25) is 5.91 Å². The highest BCUT2D eigenvalue weighted by Crippen LogP contribution is 2.31. The molecule has 5 rings (SSSR count). The number of hydrogen-bond donors (Lipinski definition) is 0. The summed E-state index contributed by atoms with van der Waals surface area (Å²) in [6.45, 7) is 11.5. The number of rotatable bonds is 7. The van der Waals surface area contributed by atoms with Gasteiger partial charge in [0, 0.05) is 32.6 Å². The zero-order valence-corrected chi connectivity index (χ0v) is 23.0. The second-order valence-electron chi connectivity index (χ2n) is 10.6. The van der Waals surface area contributed by atoms with Crippen LogP contribution in [-0.2, 0) is 11.2 Å². The molecule has 0 radical (unpaired) electrons. The second-order valence-corrected chi connectivity index (χ2v) is 10.6. The first-order valence-corrected chi connectivity index (χ1v) is 13.9. The summed E-state index contributed by atoms with van der Waals surface area (Å²) >= 11 is 0. The summed E-state index contributed by atoms with van der Waals surface area (Å²) in [4.78, 5) is 28.1. The quantitative estimate of drug-likeness (QED) is 0.326. The van der Waals surface area contributed by atoms with Gasteiger partial charge in [-0.3, -0.25) is 4.79 Å². The van der Waals surface area contributed by atoms with Gasteiger partial charge in [0.25, 0.3) is 0 Å². The van der Waals surface area contributed by atoms with E-state index in [0.717, 1.165) is 78.5 Å². The van der Waals surface area contributed by atoms with Crippen molar-refractivity contribution in [2.45, 2.75) is 52.9 Å². The lowest BCUT2D eigenvalue weighted by Gasteiger charge is -2.27. The van der Waals surface area contributed by atoms with Crippen molar-refractivity contribution >= 4 is 22.8 Å². The number of para-hydroxylation sites is 1. The third kappa shape index (κ3) is 5.28. The molecule has 0 aliphatic carbocycles. The number of aromatic nitrogens is 4. The molecule has 1 fully saturated rings. The Morgan fingerprint density at radius 1 is 0.921 bits per heavy atom. The third-order valence-corrected chi connectivity index (χ3v) is 7.34. The summed E-state index contributed by atoms with van der Waals surface area (Å²) in [7, 11) is 0. The zero-order chi connectivity index (χ0) is 26.6. The first-order chi connectivity index (χ1) is 18.5. The van der Waals surface area contributed by atoms with Crippen molar-refractivity contribution in [3.05, 3.63) is 77.7 Å². The van der Waals surface area contributed by atoms with Crippen LogP contribution in [0.15, 0.2) is 60.7 Å². The van der Waals surface area contributed by atoms with E-state index in [4.69, 9.17) is 15.1 Å². The smallest absolute Gasteiger partial charge is 0.230 e. The molecule has 0 unspecified atom stereocenters. The molecular formula is C31H38N6O. The van der Waals surface area contributed by atoms with Crippen LogP contribution in [0.5, 0.6) is 0 Å². The Kier molecular flexibility index (Phi) is 7.72. The molecule has 0 spiro atoms. The summed E-state index contributed by atoms with van der Waals surface area (Å²) in [6, 6.07) is 20.3. The number of amides is 1. The molecule has 0 saturated carbocycles. The molecule has 2 aromatic carbocycles. The standard InChI is InChI=1S/C31H38N6O/c1-5-26(24-13-8-6-9-14-24)31(38)36-18-12-17-35(19-20-36)29-28-23(4)34-37(25-15-10-7-11-16-25)30(28)33-27(32-29)21-22(2)3/h6-11,13-16,22,26H,5,12,17-21H2,1-4H3/t26-/m0/s1. The van der Waals surface area contributed by atoms with Crippen LogP contribution in [0.25, 0.3) is 16.7 Å². The van der Waals surface area contributed by atoms with Gasteiger partial charge in [-0.15, -0.1) is 0 Å². The Balaban J connectivity index is 1.47. The predicted octanol–water partition coefficient (Wildman–Crippen LogP) is 5.55. The van der Waals surface area contributed by atoms with Crippen molar-refractivity contribution in [2.24, 2.45) is 5.92 Å². The van der Waals surface area contributed by atoms with Crippen LogP contribution >= 0.6 is 0 Å². The highest BCUT2D eigenvalue weighted by Gasteiger charge is 2.28. The minimum Gasteiger partial charge on any atom is -0.354 e. The van der Waals surface area contributed by atoms with Gasteiger partial charge in [0.1, 0.15) is 11.6 Å². The van der Waals surface area contributed by atoms with E-state index in [1.165, 1.54) is 0 Å². The number of fused-ring (bicyclic) bond motifs is 1. The SMILES string of the molecule is CC[C@H](C(=O)N1CCCN(c2nc(CC(C)C)nc3c2c(C)nn3-c2ccccc2)CC1)c1ccccc1. The largest absolute Gasteiger partial charge is 0.354 e. The normalized spacial score (nSPS) is 15.2. The lowest BCUT2D eigenvalue weighted by Crippen LogP contribution is -2.38. The Bertz CT molecular complexity index is 1380. The van der Waals surface area contributed by atoms with E-state index < -0.39 is 0 Å². The van der Waals surface area contributed by atoms with E-state index >= 15 is 0 Å². The van der Waals surface area contributed by atoms with Crippen molar-refractivity contribution < 1.29 is 4.79 Å². The van der Waals surface area contributed by atoms with Crippen LogP contribution in [0, 0.1) is 12.8 Å². The highest BCUT2D eigenvalue weighted by atomic mass is 16.2. The van der Waals surface area contributed by atoms with E-state index in [1.807, 2.05) is 48.0 Å². The maximum Gasteiger partial charge on any atom is 0.230 e. The summed E-state index contributed by atoms with van der Waals surface area (Å²) in [6.07, 6.45) is 2.50. The van der Waals surface area contributed by atoms with Gasteiger partial charge >= 0.3 is 0 Å². The molecule has 7 heteroatoms. The lowest BCUT2D eigenvalue weighted by atomic mass is 9.95. The molecule has 1 aliphatic rings. The molecule has 198 valence electrons. The molecule has 7 nitrogen and oxygen atoms in total. The zero-order valence-electron chi connectivity index (χ0n) is 23.0. The number of carbonyl (C=O) groups is 1. The first kappa shape index (κ1) is 25.9. The molecule has 3 heterocycles. The molecule has 1 aliphatic heterocycles. The maximum atomic E-state index is 13.6. The minimum absolute atomic E-state index is 0.0995. The molecule has 0 bridgehead atoms. The fourth-order valence-corrected chi connectivity index (χ4v) is 5.45. The molecule has 38 heavy (non-hydrogen) atoms. The fraction of sp³-hybridized carbons (Fsp3) is 0.419. The van der Waals surface area contributed by atoms with Gasteiger partial charge in [0.15, 0.2) is 5.65 Å². The first-order valence-electron chi connectivity index (χ1n) is 13.9. The molecule has 1 saturated heterocycles. The average molecular weight is 511 g/mol. The molecule has 4 aromatic rings. The van der Waals surface area contributed by atoms with Gasteiger partial charge in [0.05, 0.1) is 22.7 Å². The fourth-order valence-electron chi connectivity index (χ4n) is 5.45. The molecule has 0 N–H and O–H groups in total. The van der Waals surface area contributed by atoms with Crippen molar-refractivity contribution in [1.29, 1.82) is 0 Å². The lowest BCUT2D eigenvalue weighted by molar-refractivity contribution is -0.132. The van der Waals surface area contributed by atoms with E-state index in [2.05, 4.69) is 54.8 Å². The van der Waals surface area contributed by atoms with Gasteiger partial charge < -0.3 is 9.80 Å². The number of aryl methyl sites for hydroxylation is 1. The molecule has 2 aromatic heterocycles. The van der Waals surface area contributed by atoms with Crippen LogP contribution in [0.2, 0.25) is 0 Å². The van der Waals surface area contributed by atoms with Crippen LogP contribution in [-0.4, -0.2) is 56.7 Å². The third-order valence-electron chi connectivity index (χ3n) is 7.34. The van der Waals surface area contributed by atoms with Crippen molar-refractivity contribution in [3.8, 4) is 5.69 Å². The van der Waals surface area contributed by atoms with Crippen molar-refractivity contribution in [2.75, 3.05) is 31.1 Å². The topological polar surface area (TPSA) is 67.2 Å². The van der Waals surface area contributed by atoms with E-state index in [-0.39, 0.29) is 11.8 Å². The Morgan fingerprint density at radius 2 is 1.63 bits per heavy atom. The number of nitrogens with zero attached hydrogens (tertiary/aromatic N) is 6. The van der Waals surface area contributed by atoms with Crippen LogP contribution < -0.4 is 4.90 Å². The monoisotopic (exact) mass is 510 g/mol. The van der Waals surface area contributed by atoms with E-state index in [9.17, 15) is 4.79 Å².